The smallest absolute Gasteiger partial charge is 0.274 e. The molecule has 0 aromatic carbocycles. The molecule has 2 heterocycles. The van der Waals surface area contributed by atoms with Gasteiger partial charge in [0.25, 0.3) is 5.91 Å². The number of hydrogen-bond donors (Lipinski definition) is 2. The fourth-order valence-corrected chi connectivity index (χ4v) is 2.01. The molecule has 1 amide bonds. The number of aromatic nitrogens is 2. The molecule has 2 N–H and O–H groups in total. The van der Waals surface area contributed by atoms with Gasteiger partial charge in [-0.2, -0.15) is 0 Å². The van der Waals surface area contributed by atoms with Crippen molar-refractivity contribution >= 4 is 11.7 Å². The molecule has 2 rings (SSSR count). The zero-order valence-corrected chi connectivity index (χ0v) is 11.6. The number of morpholine rings is 1. The molecule has 1 atom stereocenters. The molecule has 1 aliphatic heterocycles. The summed E-state index contributed by atoms with van der Waals surface area (Å²) in [5.41, 5.74) is 0.285. The zero-order chi connectivity index (χ0) is 14.4. The van der Waals surface area contributed by atoms with Gasteiger partial charge in [-0.3, -0.25) is 4.79 Å². The average molecular weight is 280 g/mol. The highest BCUT2D eigenvalue weighted by atomic mass is 16.5. The molecule has 7 heteroatoms. The van der Waals surface area contributed by atoms with Gasteiger partial charge >= 0.3 is 0 Å². The van der Waals surface area contributed by atoms with Crippen LogP contribution in [0.15, 0.2) is 12.1 Å². The van der Waals surface area contributed by atoms with Crippen LogP contribution >= 0.6 is 0 Å². The van der Waals surface area contributed by atoms with Crippen LogP contribution in [-0.2, 0) is 4.74 Å². The third-order valence-electron chi connectivity index (χ3n) is 3.14. The molecular weight excluding hydrogens is 260 g/mol. The van der Waals surface area contributed by atoms with E-state index < -0.39 is 0 Å². The summed E-state index contributed by atoms with van der Waals surface area (Å²) in [6.07, 6.45) is 0.994. The summed E-state index contributed by atoms with van der Waals surface area (Å²) < 4.78 is 5.25. The largest absolute Gasteiger partial charge is 0.394 e. The van der Waals surface area contributed by atoms with E-state index in [-0.39, 0.29) is 24.2 Å². The number of carbonyl (C=O) groups is 1. The third kappa shape index (κ3) is 3.43. The van der Waals surface area contributed by atoms with Gasteiger partial charge in [0.1, 0.15) is 5.82 Å². The first-order valence-corrected chi connectivity index (χ1v) is 6.83. The van der Waals surface area contributed by atoms with E-state index in [2.05, 4.69) is 22.4 Å². The molecule has 20 heavy (non-hydrogen) atoms. The Hall–Kier alpha value is -1.73. The van der Waals surface area contributed by atoms with Crippen LogP contribution in [0, 0.1) is 0 Å². The summed E-state index contributed by atoms with van der Waals surface area (Å²) in [6.45, 7) is 4.05. The van der Waals surface area contributed by atoms with Gasteiger partial charge in [-0.15, -0.1) is 10.2 Å². The lowest BCUT2D eigenvalue weighted by Gasteiger charge is -2.34. The van der Waals surface area contributed by atoms with Gasteiger partial charge in [0, 0.05) is 13.1 Å². The Morgan fingerprint density at radius 1 is 1.55 bits per heavy atom. The van der Waals surface area contributed by atoms with Crippen molar-refractivity contribution in [1.82, 2.24) is 15.1 Å². The van der Waals surface area contributed by atoms with Gasteiger partial charge in [-0.25, -0.2) is 0 Å². The number of hydrogen-bond acceptors (Lipinski definition) is 6. The number of anilines is 1. The van der Waals surface area contributed by atoms with E-state index in [1.165, 1.54) is 0 Å². The maximum absolute atomic E-state index is 12.3. The van der Waals surface area contributed by atoms with Crippen molar-refractivity contribution in [1.29, 1.82) is 0 Å². The predicted molar refractivity (Wildman–Crippen MR) is 73.5 cm³/mol. The zero-order valence-electron chi connectivity index (χ0n) is 11.6. The van der Waals surface area contributed by atoms with E-state index in [0.29, 0.717) is 25.6 Å². The molecule has 0 aliphatic carbocycles. The number of nitrogens with one attached hydrogen (secondary N) is 1. The van der Waals surface area contributed by atoms with E-state index in [0.717, 1.165) is 13.0 Å². The van der Waals surface area contributed by atoms with E-state index in [9.17, 15) is 9.90 Å². The fourth-order valence-electron chi connectivity index (χ4n) is 2.01. The highest BCUT2D eigenvalue weighted by molar-refractivity contribution is 5.92. The van der Waals surface area contributed by atoms with Crippen molar-refractivity contribution in [2.24, 2.45) is 0 Å². The maximum atomic E-state index is 12.3. The van der Waals surface area contributed by atoms with Crippen LogP contribution in [0.3, 0.4) is 0 Å². The quantitative estimate of drug-likeness (QED) is 0.797. The summed E-state index contributed by atoms with van der Waals surface area (Å²) in [4.78, 5) is 13.9. The molecule has 7 nitrogen and oxygen atoms in total. The Bertz CT molecular complexity index is 438. The summed E-state index contributed by atoms with van der Waals surface area (Å²) in [5.74, 6) is 0.436. The fraction of sp³-hybridized carbons (Fsp3) is 0.615. The van der Waals surface area contributed by atoms with Crippen LogP contribution in [-0.4, -0.2) is 65.1 Å². The van der Waals surface area contributed by atoms with Gasteiger partial charge in [-0.1, -0.05) is 6.92 Å². The first kappa shape index (κ1) is 14.7. The van der Waals surface area contributed by atoms with Crippen molar-refractivity contribution in [3.63, 3.8) is 0 Å². The van der Waals surface area contributed by atoms with Gasteiger partial charge < -0.3 is 20.1 Å². The highest BCUT2D eigenvalue weighted by Gasteiger charge is 2.28. The van der Waals surface area contributed by atoms with Crippen molar-refractivity contribution in [2.45, 2.75) is 19.4 Å². The summed E-state index contributed by atoms with van der Waals surface area (Å²) in [7, 11) is 0. The summed E-state index contributed by atoms with van der Waals surface area (Å²) in [5, 5.41) is 20.3. The normalized spacial score (nSPS) is 18.9. The minimum atomic E-state index is -0.309. The van der Waals surface area contributed by atoms with Gasteiger partial charge in [0.2, 0.25) is 0 Å². The first-order chi connectivity index (χ1) is 9.76. The molecule has 1 unspecified atom stereocenters. The summed E-state index contributed by atoms with van der Waals surface area (Å²) >= 11 is 0. The Balaban J connectivity index is 2.04. The summed E-state index contributed by atoms with van der Waals surface area (Å²) in [6, 6.07) is 3.08. The van der Waals surface area contributed by atoms with Gasteiger partial charge in [-0.05, 0) is 18.6 Å². The number of nitrogens with zero attached hydrogens (tertiary/aromatic N) is 3. The lowest BCUT2D eigenvalue weighted by molar-refractivity contribution is -0.0187. The molecule has 0 saturated carbocycles. The lowest BCUT2D eigenvalue weighted by atomic mass is 10.2. The number of ether oxygens (including phenoxy) is 1. The second-order valence-electron chi connectivity index (χ2n) is 4.64. The Morgan fingerprint density at radius 3 is 3.05 bits per heavy atom. The van der Waals surface area contributed by atoms with Crippen LogP contribution in [0.1, 0.15) is 23.8 Å². The van der Waals surface area contributed by atoms with Gasteiger partial charge in [0.05, 0.1) is 25.9 Å². The number of aliphatic hydroxyl groups is 1. The molecular formula is C13H20N4O3. The average Bonchev–Trinajstić information content (AvgIpc) is 2.52. The van der Waals surface area contributed by atoms with E-state index in [4.69, 9.17) is 4.74 Å². The topological polar surface area (TPSA) is 87.6 Å². The predicted octanol–water partition coefficient (Wildman–Crippen LogP) is 0.132. The van der Waals surface area contributed by atoms with Crippen molar-refractivity contribution in [2.75, 3.05) is 38.2 Å². The molecule has 1 aliphatic rings. The molecule has 1 fully saturated rings. The molecule has 0 spiro atoms. The number of rotatable bonds is 5. The second-order valence-corrected chi connectivity index (χ2v) is 4.64. The minimum Gasteiger partial charge on any atom is -0.394 e. The van der Waals surface area contributed by atoms with Crippen LogP contribution in [0.5, 0.6) is 0 Å². The molecule has 1 saturated heterocycles. The van der Waals surface area contributed by atoms with Crippen LogP contribution in [0.25, 0.3) is 0 Å². The van der Waals surface area contributed by atoms with E-state index in [1.807, 2.05) is 0 Å². The second kappa shape index (κ2) is 7.16. The third-order valence-corrected chi connectivity index (χ3v) is 3.14. The Kier molecular flexibility index (Phi) is 5.25. The number of amides is 1. The van der Waals surface area contributed by atoms with Gasteiger partial charge in [0.15, 0.2) is 5.69 Å². The lowest BCUT2D eigenvalue weighted by Crippen LogP contribution is -2.50. The maximum Gasteiger partial charge on any atom is 0.274 e. The van der Waals surface area contributed by atoms with Crippen LogP contribution in [0.2, 0.25) is 0 Å². The molecule has 0 radical (unpaired) electrons. The highest BCUT2D eigenvalue weighted by Crippen LogP contribution is 2.11. The molecule has 1 aromatic heterocycles. The van der Waals surface area contributed by atoms with Crippen molar-refractivity contribution < 1.29 is 14.6 Å². The molecule has 1 aromatic rings. The monoisotopic (exact) mass is 280 g/mol. The Labute approximate surface area is 117 Å². The van der Waals surface area contributed by atoms with Crippen molar-refractivity contribution in [3.8, 4) is 0 Å². The van der Waals surface area contributed by atoms with Crippen LogP contribution < -0.4 is 5.32 Å². The molecule has 0 bridgehead atoms. The SMILES string of the molecule is CCCNc1ccc(C(=O)N2CCOCC2CO)nn1. The van der Waals surface area contributed by atoms with E-state index >= 15 is 0 Å². The molecule has 110 valence electrons. The van der Waals surface area contributed by atoms with Crippen molar-refractivity contribution in [3.05, 3.63) is 17.8 Å². The standard InChI is InChI=1S/C13H20N4O3/c1-2-5-14-12-4-3-11(15-16-12)13(19)17-6-7-20-9-10(17)8-18/h3-4,10,18H,2,5-9H2,1H3,(H,14,16). The van der Waals surface area contributed by atoms with Crippen LogP contribution in [0.4, 0.5) is 5.82 Å². The Morgan fingerprint density at radius 2 is 2.40 bits per heavy atom. The minimum absolute atomic E-state index is 0.116. The van der Waals surface area contributed by atoms with E-state index in [1.54, 1.807) is 17.0 Å². The number of aliphatic hydroxyl groups excluding tert-OH is 1. The number of carbonyl (C=O) groups excluding carboxylic acids is 1. The first-order valence-electron chi connectivity index (χ1n) is 6.83.